The molecule has 2 fully saturated rings. The van der Waals surface area contributed by atoms with Gasteiger partial charge in [-0.3, -0.25) is 4.79 Å². The Morgan fingerprint density at radius 3 is 2.67 bits per heavy atom. The van der Waals surface area contributed by atoms with Crippen LogP contribution in [0.25, 0.3) is 10.9 Å². The molecular formula is C23H35N5O2. The standard InChI is InChI=1S/C23H35N5O2/c1-3-4-15(2)26-23-25-13-19-21(27-23)20(16-5-7-18(29)8-6-16)14-28(22(19)30)17-9-11-24-12-10-17/h13-18,24,29H,3-12H2,1-2H3,(H,25,26,27)/t15-,16-,18-/m0/s1. The first-order chi connectivity index (χ1) is 14.6. The van der Waals surface area contributed by atoms with Crippen LogP contribution in [0.2, 0.25) is 0 Å². The second kappa shape index (κ2) is 9.43. The maximum atomic E-state index is 13.4. The fourth-order valence-corrected chi connectivity index (χ4v) is 5.00. The number of anilines is 1. The second-order valence-electron chi connectivity index (χ2n) is 9.07. The average molecular weight is 414 g/mol. The molecule has 0 unspecified atom stereocenters. The van der Waals surface area contributed by atoms with Crippen molar-refractivity contribution < 1.29 is 5.11 Å². The first kappa shape index (κ1) is 21.2. The summed E-state index contributed by atoms with van der Waals surface area (Å²) in [7, 11) is 0. The van der Waals surface area contributed by atoms with E-state index in [1.165, 1.54) is 0 Å². The third kappa shape index (κ3) is 4.52. The molecule has 1 saturated heterocycles. The van der Waals surface area contributed by atoms with Crippen LogP contribution < -0.4 is 16.2 Å². The van der Waals surface area contributed by atoms with E-state index in [2.05, 4.69) is 35.7 Å². The van der Waals surface area contributed by atoms with Crippen LogP contribution in [0.5, 0.6) is 0 Å². The molecule has 2 aromatic heterocycles. The highest BCUT2D eigenvalue weighted by Crippen LogP contribution is 2.36. The van der Waals surface area contributed by atoms with Gasteiger partial charge in [0.2, 0.25) is 5.95 Å². The summed E-state index contributed by atoms with van der Waals surface area (Å²) in [6.45, 7) is 6.18. The van der Waals surface area contributed by atoms with E-state index in [9.17, 15) is 9.90 Å². The molecule has 1 atom stereocenters. The molecule has 0 spiro atoms. The maximum Gasteiger partial charge on any atom is 0.261 e. The van der Waals surface area contributed by atoms with E-state index in [1.54, 1.807) is 6.20 Å². The van der Waals surface area contributed by atoms with Crippen molar-refractivity contribution in [2.24, 2.45) is 0 Å². The number of hydrogen-bond donors (Lipinski definition) is 3. The lowest BCUT2D eigenvalue weighted by Crippen LogP contribution is -2.35. The maximum absolute atomic E-state index is 13.4. The minimum Gasteiger partial charge on any atom is -0.393 e. The number of nitrogens with one attached hydrogen (secondary N) is 2. The molecule has 4 rings (SSSR count). The zero-order valence-corrected chi connectivity index (χ0v) is 18.2. The molecule has 0 bridgehead atoms. The molecule has 0 amide bonds. The molecule has 3 heterocycles. The molecular weight excluding hydrogens is 378 g/mol. The van der Waals surface area contributed by atoms with E-state index in [0.29, 0.717) is 17.3 Å². The highest BCUT2D eigenvalue weighted by molar-refractivity contribution is 5.81. The monoisotopic (exact) mass is 413 g/mol. The van der Waals surface area contributed by atoms with Gasteiger partial charge in [-0.2, -0.15) is 0 Å². The van der Waals surface area contributed by atoms with Crippen LogP contribution in [0.4, 0.5) is 5.95 Å². The van der Waals surface area contributed by atoms with Gasteiger partial charge in [-0.15, -0.1) is 0 Å². The number of aliphatic hydroxyl groups excluding tert-OH is 1. The fraction of sp³-hybridized carbons (Fsp3) is 0.696. The third-order valence-electron chi connectivity index (χ3n) is 6.74. The van der Waals surface area contributed by atoms with E-state index in [1.807, 2.05) is 4.57 Å². The number of pyridine rings is 1. The summed E-state index contributed by atoms with van der Waals surface area (Å²) < 4.78 is 1.94. The van der Waals surface area contributed by atoms with Gasteiger partial charge in [0.1, 0.15) is 0 Å². The Hall–Kier alpha value is -1.99. The van der Waals surface area contributed by atoms with Crippen LogP contribution in [-0.2, 0) is 0 Å². The number of fused-ring (bicyclic) bond motifs is 1. The van der Waals surface area contributed by atoms with E-state index in [-0.39, 0.29) is 23.7 Å². The molecule has 0 radical (unpaired) electrons. The minimum absolute atomic E-state index is 0.0182. The van der Waals surface area contributed by atoms with Crippen LogP contribution in [0.1, 0.15) is 82.7 Å². The van der Waals surface area contributed by atoms with Crippen LogP contribution in [-0.4, -0.2) is 44.9 Å². The van der Waals surface area contributed by atoms with Crippen LogP contribution in [0.15, 0.2) is 17.2 Å². The third-order valence-corrected chi connectivity index (χ3v) is 6.74. The van der Waals surface area contributed by atoms with Crippen molar-refractivity contribution in [3.63, 3.8) is 0 Å². The minimum atomic E-state index is -0.204. The Balaban J connectivity index is 1.78. The normalized spacial score (nSPS) is 24.1. The van der Waals surface area contributed by atoms with Crippen molar-refractivity contribution in [3.05, 3.63) is 28.3 Å². The first-order valence-electron chi connectivity index (χ1n) is 11.6. The highest BCUT2D eigenvalue weighted by atomic mass is 16.3. The Morgan fingerprint density at radius 1 is 1.23 bits per heavy atom. The Bertz CT molecular complexity index is 914. The quantitative estimate of drug-likeness (QED) is 0.673. The van der Waals surface area contributed by atoms with E-state index < -0.39 is 0 Å². The molecule has 1 saturated carbocycles. The molecule has 164 valence electrons. The topological polar surface area (TPSA) is 92.1 Å². The lowest BCUT2D eigenvalue weighted by molar-refractivity contribution is 0.122. The second-order valence-corrected chi connectivity index (χ2v) is 9.07. The SMILES string of the molecule is CCC[C@H](C)Nc1ncc2c(=O)n(C3CCNCC3)cc([C@H]3CC[C@H](O)CC3)c2n1. The van der Waals surface area contributed by atoms with Crippen LogP contribution >= 0.6 is 0 Å². The van der Waals surface area contributed by atoms with Crippen molar-refractivity contribution in [2.45, 2.75) is 89.3 Å². The predicted molar refractivity (Wildman–Crippen MR) is 120 cm³/mol. The molecule has 7 heteroatoms. The lowest BCUT2D eigenvalue weighted by Gasteiger charge is -2.29. The van der Waals surface area contributed by atoms with Crippen molar-refractivity contribution in [1.29, 1.82) is 0 Å². The molecule has 30 heavy (non-hydrogen) atoms. The van der Waals surface area contributed by atoms with Gasteiger partial charge in [0.25, 0.3) is 5.56 Å². The average Bonchev–Trinajstić information content (AvgIpc) is 2.75. The summed E-state index contributed by atoms with van der Waals surface area (Å²) in [4.78, 5) is 22.7. The zero-order chi connectivity index (χ0) is 21.1. The first-order valence-corrected chi connectivity index (χ1v) is 11.6. The zero-order valence-electron chi connectivity index (χ0n) is 18.2. The molecule has 2 aliphatic rings. The summed E-state index contributed by atoms with van der Waals surface area (Å²) in [5.41, 5.74) is 1.95. The Kier molecular flexibility index (Phi) is 6.68. The number of piperidine rings is 1. The summed E-state index contributed by atoms with van der Waals surface area (Å²) in [6.07, 6.45) is 11.1. The molecule has 2 aromatic rings. The largest absolute Gasteiger partial charge is 0.393 e. The van der Waals surface area contributed by atoms with E-state index in [0.717, 1.165) is 75.5 Å². The number of aliphatic hydroxyl groups is 1. The van der Waals surface area contributed by atoms with Crippen molar-refractivity contribution in [2.75, 3.05) is 18.4 Å². The van der Waals surface area contributed by atoms with Gasteiger partial charge in [0.05, 0.1) is 17.0 Å². The Labute approximate surface area is 178 Å². The molecule has 0 aromatic carbocycles. The molecule has 7 nitrogen and oxygen atoms in total. The predicted octanol–water partition coefficient (Wildman–Crippen LogP) is 3.34. The summed E-state index contributed by atoms with van der Waals surface area (Å²) in [6, 6.07) is 0.509. The van der Waals surface area contributed by atoms with E-state index >= 15 is 0 Å². The number of hydrogen-bond acceptors (Lipinski definition) is 6. The van der Waals surface area contributed by atoms with Crippen molar-refractivity contribution in [3.8, 4) is 0 Å². The van der Waals surface area contributed by atoms with Gasteiger partial charge in [0, 0.05) is 24.5 Å². The van der Waals surface area contributed by atoms with Gasteiger partial charge in [-0.05, 0) is 76.4 Å². The molecule has 1 aliphatic heterocycles. The van der Waals surface area contributed by atoms with Crippen LogP contribution in [0.3, 0.4) is 0 Å². The fourth-order valence-electron chi connectivity index (χ4n) is 5.00. The van der Waals surface area contributed by atoms with Gasteiger partial charge >= 0.3 is 0 Å². The highest BCUT2D eigenvalue weighted by Gasteiger charge is 2.26. The summed E-state index contributed by atoms with van der Waals surface area (Å²) in [5, 5.41) is 17.4. The van der Waals surface area contributed by atoms with Gasteiger partial charge in [-0.25, -0.2) is 9.97 Å². The van der Waals surface area contributed by atoms with E-state index in [4.69, 9.17) is 4.98 Å². The van der Waals surface area contributed by atoms with Crippen molar-refractivity contribution in [1.82, 2.24) is 19.9 Å². The molecule has 1 aliphatic carbocycles. The summed E-state index contributed by atoms with van der Waals surface area (Å²) >= 11 is 0. The van der Waals surface area contributed by atoms with Crippen molar-refractivity contribution >= 4 is 16.9 Å². The number of nitrogens with zero attached hydrogens (tertiary/aromatic N) is 3. The smallest absolute Gasteiger partial charge is 0.261 e. The Morgan fingerprint density at radius 2 is 1.97 bits per heavy atom. The number of rotatable bonds is 6. The number of aromatic nitrogens is 3. The summed E-state index contributed by atoms with van der Waals surface area (Å²) in [5.74, 6) is 0.917. The van der Waals surface area contributed by atoms with Gasteiger partial charge in [0.15, 0.2) is 0 Å². The lowest BCUT2D eigenvalue weighted by atomic mass is 9.82. The van der Waals surface area contributed by atoms with Crippen LogP contribution in [0, 0.1) is 0 Å². The van der Waals surface area contributed by atoms with Gasteiger partial charge < -0.3 is 20.3 Å². The molecule has 3 N–H and O–H groups in total. The van der Waals surface area contributed by atoms with Gasteiger partial charge in [-0.1, -0.05) is 13.3 Å².